The molecule has 130 valence electrons. The minimum Gasteiger partial charge on any atom is -0.507 e. The Morgan fingerprint density at radius 3 is 2.88 bits per heavy atom. The zero-order chi connectivity index (χ0) is 17.7. The number of aromatic nitrogens is 2. The Kier molecular flexibility index (Phi) is 3.57. The summed E-state index contributed by atoms with van der Waals surface area (Å²) in [7, 11) is 0. The van der Waals surface area contributed by atoms with Crippen LogP contribution in [0.5, 0.6) is 5.75 Å². The topological polar surface area (TPSA) is 58.0 Å². The fourth-order valence-corrected chi connectivity index (χ4v) is 5.25. The van der Waals surface area contributed by atoms with Gasteiger partial charge in [0.25, 0.3) is 0 Å². The van der Waals surface area contributed by atoms with E-state index in [9.17, 15) is 5.11 Å². The molecule has 4 aromatic rings. The van der Waals surface area contributed by atoms with Crippen molar-refractivity contribution in [2.24, 2.45) is 5.92 Å². The van der Waals surface area contributed by atoms with Crippen LogP contribution in [0.1, 0.15) is 23.8 Å². The first-order chi connectivity index (χ1) is 12.7. The van der Waals surface area contributed by atoms with Crippen molar-refractivity contribution in [3.63, 3.8) is 0 Å². The number of hydrogen-bond donors (Lipinski definition) is 2. The van der Waals surface area contributed by atoms with Crippen molar-refractivity contribution >= 4 is 43.8 Å². The molecule has 1 aliphatic rings. The smallest absolute Gasteiger partial charge is 0.142 e. The summed E-state index contributed by atoms with van der Waals surface area (Å²) in [6.07, 6.45) is 5.08. The predicted molar refractivity (Wildman–Crippen MR) is 107 cm³/mol. The van der Waals surface area contributed by atoms with Crippen LogP contribution >= 0.6 is 11.3 Å². The molecule has 0 bridgehead atoms. The molecular formula is C21H19N3OS. The zero-order valence-corrected chi connectivity index (χ0v) is 15.3. The number of aryl methyl sites for hydroxylation is 1. The van der Waals surface area contributed by atoms with E-state index in [0.717, 1.165) is 51.3 Å². The monoisotopic (exact) mass is 361 g/mol. The van der Waals surface area contributed by atoms with Gasteiger partial charge in [-0.15, -0.1) is 11.3 Å². The minimum atomic E-state index is 0.292. The lowest BCUT2D eigenvalue weighted by Gasteiger charge is -2.18. The molecule has 0 aliphatic heterocycles. The molecule has 1 unspecified atom stereocenters. The van der Waals surface area contributed by atoms with Crippen molar-refractivity contribution in [2.75, 3.05) is 5.32 Å². The van der Waals surface area contributed by atoms with Crippen LogP contribution in [0.25, 0.3) is 21.0 Å². The molecule has 5 heteroatoms. The average molecular weight is 361 g/mol. The molecule has 4 nitrogen and oxygen atoms in total. The van der Waals surface area contributed by atoms with Gasteiger partial charge in [-0.25, -0.2) is 9.97 Å². The minimum absolute atomic E-state index is 0.292. The molecule has 0 amide bonds. The summed E-state index contributed by atoms with van der Waals surface area (Å²) in [5.41, 5.74) is 2.36. The summed E-state index contributed by atoms with van der Waals surface area (Å²) in [6, 6.07) is 11.5. The highest BCUT2D eigenvalue weighted by Gasteiger charge is 2.23. The second kappa shape index (κ2) is 5.95. The number of fused-ring (bicyclic) bond motifs is 4. The first-order valence-corrected chi connectivity index (χ1v) is 9.75. The Morgan fingerprint density at radius 2 is 1.96 bits per heavy atom. The molecule has 0 saturated heterocycles. The third-order valence-electron chi connectivity index (χ3n) is 5.24. The van der Waals surface area contributed by atoms with E-state index in [-0.39, 0.29) is 0 Å². The van der Waals surface area contributed by atoms with E-state index < -0.39 is 0 Å². The number of thiophene rings is 1. The zero-order valence-electron chi connectivity index (χ0n) is 14.5. The van der Waals surface area contributed by atoms with Crippen LogP contribution in [0.2, 0.25) is 0 Å². The van der Waals surface area contributed by atoms with Crippen molar-refractivity contribution in [3.05, 3.63) is 53.2 Å². The van der Waals surface area contributed by atoms with Gasteiger partial charge in [0.1, 0.15) is 22.7 Å². The average Bonchev–Trinajstić information content (AvgIpc) is 3.01. The lowest BCUT2D eigenvalue weighted by atomic mass is 9.89. The predicted octanol–water partition coefficient (Wildman–Crippen LogP) is 5.42. The van der Waals surface area contributed by atoms with Gasteiger partial charge in [-0.05, 0) is 42.9 Å². The fraction of sp³-hybridized carbons (Fsp3) is 0.238. The quantitative estimate of drug-likeness (QED) is 0.501. The molecule has 0 saturated carbocycles. The van der Waals surface area contributed by atoms with Crippen molar-refractivity contribution in [3.8, 4) is 5.75 Å². The van der Waals surface area contributed by atoms with Crippen LogP contribution in [0.15, 0.2) is 42.7 Å². The van der Waals surface area contributed by atoms with Gasteiger partial charge in [-0.3, -0.25) is 0 Å². The Balaban J connectivity index is 1.66. The third kappa shape index (κ3) is 2.42. The summed E-state index contributed by atoms with van der Waals surface area (Å²) >= 11 is 1.80. The lowest BCUT2D eigenvalue weighted by molar-refractivity contribution is 0.481. The number of aromatic hydroxyl groups is 1. The van der Waals surface area contributed by atoms with Gasteiger partial charge < -0.3 is 10.4 Å². The summed E-state index contributed by atoms with van der Waals surface area (Å²) in [6.45, 7) is 2.32. The van der Waals surface area contributed by atoms with E-state index in [2.05, 4.69) is 22.2 Å². The normalized spacial score (nSPS) is 16.7. The summed E-state index contributed by atoms with van der Waals surface area (Å²) in [4.78, 5) is 11.6. The summed E-state index contributed by atoms with van der Waals surface area (Å²) in [5, 5.41) is 16.6. The Morgan fingerprint density at radius 1 is 1.12 bits per heavy atom. The fourth-order valence-electron chi connectivity index (χ4n) is 3.90. The van der Waals surface area contributed by atoms with E-state index in [0.29, 0.717) is 5.75 Å². The van der Waals surface area contributed by atoms with E-state index in [1.165, 1.54) is 16.9 Å². The molecule has 1 aliphatic carbocycles. The largest absolute Gasteiger partial charge is 0.507 e. The summed E-state index contributed by atoms with van der Waals surface area (Å²) < 4.78 is 0. The number of rotatable bonds is 2. The maximum absolute atomic E-state index is 10.1. The van der Waals surface area contributed by atoms with Crippen molar-refractivity contribution in [2.45, 2.75) is 26.2 Å². The second-order valence-electron chi connectivity index (χ2n) is 7.06. The van der Waals surface area contributed by atoms with E-state index >= 15 is 0 Å². The van der Waals surface area contributed by atoms with Crippen LogP contribution in [0.3, 0.4) is 0 Å². The maximum atomic E-state index is 10.1. The number of benzene rings is 2. The standard InChI is InChI=1S/C21H19N3OS/c1-12-8-9-15-18(10-12)26-21-19(15)20(22-11-23-21)24-16-6-2-5-14-13(16)4-3-7-17(14)25/h2-7,11-12,25H,8-10H2,1H3,(H,22,23,24). The molecule has 5 rings (SSSR count). The number of nitrogens with zero attached hydrogens (tertiary/aromatic N) is 2. The Bertz CT molecular complexity index is 1130. The van der Waals surface area contributed by atoms with Crippen molar-refractivity contribution in [1.82, 2.24) is 9.97 Å². The molecule has 0 fully saturated rings. The SMILES string of the molecule is CC1CCc2c(sc3ncnc(Nc4cccc5c(O)cccc45)c23)C1. The lowest BCUT2D eigenvalue weighted by Crippen LogP contribution is -2.09. The second-order valence-corrected chi connectivity index (χ2v) is 8.14. The van der Waals surface area contributed by atoms with Crippen LogP contribution in [-0.2, 0) is 12.8 Å². The highest BCUT2D eigenvalue weighted by atomic mass is 32.1. The maximum Gasteiger partial charge on any atom is 0.142 e. The van der Waals surface area contributed by atoms with Crippen LogP contribution in [0.4, 0.5) is 11.5 Å². The highest BCUT2D eigenvalue weighted by molar-refractivity contribution is 7.19. The molecule has 2 aromatic heterocycles. The number of phenols is 1. The number of anilines is 2. The van der Waals surface area contributed by atoms with Gasteiger partial charge in [-0.1, -0.05) is 31.2 Å². The first kappa shape index (κ1) is 15.6. The van der Waals surface area contributed by atoms with E-state index in [4.69, 9.17) is 0 Å². The number of hydrogen-bond acceptors (Lipinski definition) is 5. The molecule has 1 atom stereocenters. The Labute approximate surface area is 155 Å². The van der Waals surface area contributed by atoms with Crippen LogP contribution < -0.4 is 5.32 Å². The molecule has 0 radical (unpaired) electrons. The van der Waals surface area contributed by atoms with Crippen molar-refractivity contribution < 1.29 is 5.11 Å². The van der Waals surface area contributed by atoms with Gasteiger partial charge in [0.2, 0.25) is 0 Å². The van der Waals surface area contributed by atoms with E-state index in [1.54, 1.807) is 23.7 Å². The van der Waals surface area contributed by atoms with Crippen LogP contribution in [0, 0.1) is 5.92 Å². The third-order valence-corrected chi connectivity index (χ3v) is 6.41. The van der Waals surface area contributed by atoms with Gasteiger partial charge in [0.15, 0.2) is 0 Å². The molecule has 2 N–H and O–H groups in total. The molecule has 0 spiro atoms. The molecule has 2 aromatic carbocycles. The molecule has 2 heterocycles. The Hall–Kier alpha value is -2.66. The number of phenolic OH excluding ortho intramolecular Hbond substituents is 1. The highest BCUT2D eigenvalue weighted by Crippen LogP contribution is 2.41. The van der Waals surface area contributed by atoms with Crippen LogP contribution in [-0.4, -0.2) is 15.1 Å². The van der Waals surface area contributed by atoms with E-state index in [1.807, 2.05) is 30.3 Å². The van der Waals surface area contributed by atoms with Gasteiger partial charge in [0.05, 0.1) is 5.39 Å². The molecule has 26 heavy (non-hydrogen) atoms. The molecular weight excluding hydrogens is 342 g/mol. The van der Waals surface area contributed by atoms with Gasteiger partial charge in [0, 0.05) is 21.3 Å². The van der Waals surface area contributed by atoms with Gasteiger partial charge >= 0.3 is 0 Å². The van der Waals surface area contributed by atoms with Gasteiger partial charge in [-0.2, -0.15) is 0 Å². The summed E-state index contributed by atoms with van der Waals surface area (Å²) in [5.74, 6) is 1.89. The van der Waals surface area contributed by atoms with Crippen molar-refractivity contribution in [1.29, 1.82) is 0 Å². The first-order valence-electron chi connectivity index (χ1n) is 8.93. The number of nitrogens with one attached hydrogen (secondary N) is 1.